The van der Waals surface area contributed by atoms with Gasteiger partial charge in [-0.1, -0.05) is 18.2 Å². The number of aromatic amines is 1. The first-order valence-corrected chi connectivity index (χ1v) is 4.72. The van der Waals surface area contributed by atoms with Crippen molar-refractivity contribution in [3.63, 3.8) is 0 Å². The zero-order valence-electron chi connectivity index (χ0n) is 8.10. The Balaban J connectivity index is 2.32. The van der Waals surface area contributed by atoms with Gasteiger partial charge in [0, 0.05) is 23.5 Å². The van der Waals surface area contributed by atoms with Crippen LogP contribution in [0.4, 0.5) is 0 Å². The number of carbonyl (C=O) groups is 1. The fraction of sp³-hybridized carbons (Fsp3) is 0.182. The summed E-state index contributed by atoms with van der Waals surface area (Å²) < 4.78 is 0. The molecule has 0 bridgehead atoms. The highest BCUT2D eigenvalue weighted by atomic mass is 16.3. The summed E-state index contributed by atoms with van der Waals surface area (Å²) in [6.45, 7) is 0. The number of nitrogens with one attached hydrogen (secondary N) is 1. The third-order valence-corrected chi connectivity index (χ3v) is 2.43. The van der Waals surface area contributed by atoms with Crippen LogP contribution < -0.4 is 5.73 Å². The molecule has 4 N–H and O–H groups in total. The fourth-order valence-corrected chi connectivity index (χ4v) is 1.62. The first kappa shape index (κ1) is 9.73. The van der Waals surface area contributed by atoms with Gasteiger partial charge in [-0.15, -0.1) is 0 Å². The van der Waals surface area contributed by atoms with E-state index in [4.69, 9.17) is 10.8 Å². The summed E-state index contributed by atoms with van der Waals surface area (Å²) >= 11 is 0. The average molecular weight is 203 g/mol. The zero-order chi connectivity index (χ0) is 10.8. The minimum absolute atomic E-state index is 0.347. The van der Waals surface area contributed by atoms with Gasteiger partial charge < -0.3 is 15.8 Å². The maximum atomic E-state index is 10.6. The Morgan fingerprint density at radius 2 is 2.20 bits per heavy atom. The molecule has 1 aromatic heterocycles. The first-order chi connectivity index (χ1) is 7.18. The standard InChI is InChI=1S/C11H12N2O2/c12-9(11(14)15)5-7-6-13-10-4-2-1-3-8(7)10/h1-4,6,9,13H,5,12H2,(H,14,15)/i11-1. The van der Waals surface area contributed by atoms with E-state index in [1.54, 1.807) is 0 Å². The summed E-state index contributed by atoms with van der Waals surface area (Å²) in [6, 6.07) is 6.91. The second-order valence-electron chi connectivity index (χ2n) is 3.51. The number of H-pyrrole nitrogens is 1. The van der Waals surface area contributed by atoms with E-state index in [2.05, 4.69) is 4.98 Å². The van der Waals surface area contributed by atoms with Crippen molar-refractivity contribution in [3.8, 4) is 0 Å². The van der Waals surface area contributed by atoms with Gasteiger partial charge in [0.25, 0.3) is 0 Å². The third kappa shape index (κ3) is 1.85. The van der Waals surface area contributed by atoms with Crippen LogP contribution in [0.25, 0.3) is 10.9 Å². The molecule has 0 radical (unpaired) electrons. The third-order valence-electron chi connectivity index (χ3n) is 2.43. The summed E-state index contributed by atoms with van der Waals surface area (Å²) in [5.41, 5.74) is 7.43. The van der Waals surface area contributed by atoms with Crippen molar-refractivity contribution < 1.29 is 9.90 Å². The number of aliphatic carboxylic acids is 1. The van der Waals surface area contributed by atoms with Crippen LogP contribution in [0.2, 0.25) is 0 Å². The zero-order valence-corrected chi connectivity index (χ0v) is 8.10. The molecule has 4 nitrogen and oxygen atoms in total. The van der Waals surface area contributed by atoms with Crippen LogP contribution in [0, 0.1) is 0 Å². The number of rotatable bonds is 3. The molecule has 1 unspecified atom stereocenters. The van der Waals surface area contributed by atoms with Crippen molar-refractivity contribution in [2.24, 2.45) is 5.73 Å². The van der Waals surface area contributed by atoms with E-state index in [-0.39, 0.29) is 0 Å². The van der Waals surface area contributed by atoms with E-state index in [9.17, 15) is 4.79 Å². The Morgan fingerprint density at radius 1 is 1.47 bits per heavy atom. The van der Waals surface area contributed by atoms with Crippen LogP contribution in [-0.4, -0.2) is 22.1 Å². The number of benzene rings is 1. The van der Waals surface area contributed by atoms with E-state index in [0.717, 1.165) is 16.5 Å². The molecule has 1 heterocycles. The molecule has 1 aromatic carbocycles. The number of hydrogen-bond acceptors (Lipinski definition) is 2. The van der Waals surface area contributed by atoms with Crippen LogP contribution in [0.3, 0.4) is 0 Å². The lowest BCUT2D eigenvalue weighted by Crippen LogP contribution is -2.32. The maximum Gasteiger partial charge on any atom is 0.320 e. The molecule has 2 aromatic rings. The SMILES string of the molecule is NC(Cc1c[nH]c2ccccc12)[11C](=O)O. The van der Waals surface area contributed by atoms with E-state index < -0.39 is 12.0 Å². The lowest BCUT2D eigenvalue weighted by molar-refractivity contribution is -0.138. The van der Waals surface area contributed by atoms with Crippen molar-refractivity contribution in [3.05, 3.63) is 36.0 Å². The Bertz CT molecular complexity index is 490. The number of hydrogen-bond donors (Lipinski definition) is 3. The van der Waals surface area contributed by atoms with Crippen LogP contribution in [-0.2, 0) is 11.2 Å². The predicted octanol–water partition coefficient (Wildman–Crippen LogP) is 1.12. The second-order valence-corrected chi connectivity index (χ2v) is 3.51. The number of fused-ring (bicyclic) bond motifs is 1. The van der Waals surface area contributed by atoms with Crippen molar-refractivity contribution in [1.29, 1.82) is 0 Å². The van der Waals surface area contributed by atoms with Gasteiger partial charge in [0.05, 0.1) is 0 Å². The highest BCUT2D eigenvalue weighted by Gasteiger charge is 2.14. The minimum Gasteiger partial charge on any atom is -0.480 e. The van der Waals surface area contributed by atoms with Crippen molar-refractivity contribution in [1.82, 2.24) is 4.98 Å². The van der Waals surface area contributed by atoms with Crippen LogP contribution in [0.15, 0.2) is 30.5 Å². The molecule has 0 aliphatic carbocycles. The highest BCUT2D eigenvalue weighted by Crippen LogP contribution is 2.18. The average Bonchev–Trinajstić information content (AvgIpc) is 2.62. The van der Waals surface area contributed by atoms with Gasteiger partial charge in [0.1, 0.15) is 6.04 Å². The Hall–Kier alpha value is -1.81. The molecule has 0 amide bonds. The summed E-state index contributed by atoms with van der Waals surface area (Å²) in [5, 5.41) is 9.75. The first-order valence-electron chi connectivity index (χ1n) is 4.72. The van der Waals surface area contributed by atoms with Gasteiger partial charge in [-0.2, -0.15) is 0 Å². The number of aromatic nitrogens is 1. The number of para-hydroxylation sites is 1. The van der Waals surface area contributed by atoms with Crippen molar-refractivity contribution in [2.45, 2.75) is 12.5 Å². The monoisotopic (exact) mass is 203 g/mol. The minimum atomic E-state index is -0.972. The molecule has 78 valence electrons. The smallest absolute Gasteiger partial charge is 0.320 e. The van der Waals surface area contributed by atoms with Gasteiger partial charge in [-0.05, 0) is 11.6 Å². The molecule has 0 spiro atoms. The van der Waals surface area contributed by atoms with E-state index in [1.165, 1.54) is 0 Å². The highest BCUT2D eigenvalue weighted by molar-refractivity contribution is 5.84. The molecular formula is C11H12N2O2. The Labute approximate surface area is 86.7 Å². The molecule has 4 heteroatoms. The van der Waals surface area contributed by atoms with Gasteiger partial charge in [-0.25, -0.2) is 0 Å². The van der Waals surface area contributed by atoms with Gasteiger partial charge in [0.2, 0.25) is 0 Å². The summed E-state index contributed by atoms with van der Waals surface area (Å²) in [7, 11) is 0. The molecule has 0 fully saturated rings. The van der Waals surface area contributed by atoms with Gasteiger partial charge in [0.15, 0.2) is 0 Å². The summed E-state index contributed by atoms with van der Waals surface area (Å²) in [4.78, 5) is 13.7. The molecule has 2 rings (SSSR count). The lowest BCUT2D eigenvalue weighted by Gasteiger charge is -2.04. The molecule has 0 aliphatic heterocycles. The van der Waals surface area contributed by atoms with Crippen molar-refractivity contribution >= 4 is 16.9 Å². The Kier molecular flexibility index (Phi) is 2.43. The summed E-state index contributed by atoms with van der Waals surface area (Å²) in [5.74, 6) is -0.972. The topological polar surface area (TPSA) is 79.1 Å². The van der Waals surface area contributed by atoms with Crippen LogP contribution in [0.1, 0.15) is 5.56 Å². The molecule has 0 saturated heterocycles. The number of carboxylic acids is 1. The quantitative estimate of drug-likeness (QED) is 0.699. The number of nitrogens with two attached hydrogens (primary N) is 1. The second kappa shape index (κ2) is 3.74. The molecule has 1 atom stereocenters. The van der Waals surface area contributed by atoms with Crippen molar-refractivity contribution in [2.75, 3.05) is 0 Å². The predicted molar refractivity (Wildman–Crippen MR) is 57.6 cm³/mol. The van der Waals surface area contributed by atoms with Crippen LogP contribution >= 0.6 is 0 Å². The normalized spacial score (nSPS) is 12.9. The van der Waals surface area contributed by atoms with Crippen LogP contribution in [0.5, 0.6) is 0 Å². The van der Waals surface area contributed by atoms with E-state index in [0.29, 0.717) is 6.42 Å². The molecule has 0 saturated carbocycles. The lowest BCUT2D eigenvalue weighted by atomic mass is 9.89. The molecule has 15 heavy (non-hydrogen) atoms. The molecular weight excluding hydrogens is 191 g/mol. The maximum absolute atomic E-state index is 10.6. The summed E-state index contributed by atoms with van der Waals surface area (Å²) in [6.07, 6.45) is 2.16. The van der Waals surface area contributed by atoms with E-state index >= 15 is 0 Å². The number of carboxylic acid groups (broad SMARTS) is 1. The molecule has 0 aliphatic rings. The fourth-order valence-electron chi connectivity index (χ4n) is 1.62. The van der Waals surface area contributed by atoms with E-state index in [1.807, 2.05) is 30.5 Å². The van der Waals surface area contributed by atoms with Gasteiger partial charge >= 0.3 is 5.97 Å². The largest absolute Gasteiger partial charge is 0.480 e. The Morgan fingerprint density at radius 3 is 2.93 bits per heavy atom. The van der Waals surface area contributed by atoms with Gasteiger partial charge in [-0.3, -0.25) is 4.79 Å².